The zero-order chi connectivity index (χ0) is 14.7. The van der Waals surface area contributed by atoms with Gasteiger partial charge in [-0.15, -0.1) is 0 Å². The third-order valence-corrected chi connectivity index (χ3v) is 5.03. The molecular weight excluding hydrogens is 264 g/mol. The standard InChI is InChI=1S/C16H28N4O/c1-12(2)20-9-5-13(6-10-20)11-15-18-16(19-21-15)14-3-7-17-8-4-14/h12-14,17H,3-11H2,1-2H3. The Kier molecular flexibility index (Phi) is 4.91. The molecule has 2 aliphatic rings. The van der Waals surface area contributed by atoms with E-state index in [9.17, 15) is 0 Å². The molecule has 3 rings (SSSR count). The van der Waals surface area contributed by atoms with Crippen LogP contribution < -0.4 is 5.32 Å². The van der Waals surface area contributed by atoms with E-state index in [1.54, 1.807) is 0 Å². The molecule has 0 atom stereocenters. The number of rotatable bonds is 4. The fourth-order valence-electron chi connectivity index (χ4n) is 3.52. The lowest BCUT2D eigenvalue weighted by molar-refractivity contribution is 0.145. The van der Waals surface area contributed by atoms with Gasteiger partial charge in [0.25, 0.3) is 0 Å². The minimum absolute atomic E-state index is 0.492. The van der Waals surface area contributed by atoms with E-state index in [0.717, 1.165) is 44.1 Å². The largest absolute Gasteiger partial charge is 0.339 e. The summed E-state index contributed by atoms with van der Waals surface area (Å²) in [5, 5.41) is 7.60. The normalized spacial score (nSPS) is 23.0. The van der Waals surface area contributed by atoms with Crippen molar-refractivity contribution in [3.05, 3.63) is 11.7 Å². The van der Waals surface area contributed by atoms with Gasteiger partial charge in [-0.2, -0.15) is 4.98 Å². The molecule has 5 heteroatoms. The van der Waals surface area contributed by atoms with Crippen molar-refractivity contribution in [1.29, 1.82) is 0 Å². The number of nitrogens with zero attached hydrogens (tertiary/aromatic N) is 3. The lowest BCUT2D eigenvalue weighted by atomic mass is 9.93. The Balaban J connectivity index is 1.51. The van der Waals surface area contributed by atoms with E-state index in [1.807, 2.05) is 0 Å². The van der Waals surface area contributed by atoms with Crippen LogP contribution in [-0.2, 0) is 6.42 Å². The Hall–Kier alpha value is -0.940. The summed E-state index contributed by atoms with van der Waals surface area (Å²) in [5.41, 5.74) is 0. The van der Waals surface area contributed by atoms with Crippen LogP contribution in [0.15, 0.2) is 4.52 Å². The molecule has 5 nitrogen and oxygen atoms in total. The molecule has 0 aromatic carbocycles. The molecule has 0 aliphatic carbocycles. The molecule has 118 valence electrons. The summed E-state index contributed by atoms with van der Waals surface area (Å²) in [6.07, 6.45) is 5.73. The number of aromatic nitrogens is 2. The Morgan fingerprint density at radius 2 is 1.90 bits per heavy atom. The first-order valence-electron chi connectivity index (χ1n) is 8.49. The summed E-state index contributed by atoms with van der Waals surface area (Å²) in [4.78, 5) is 7.22. The third-order valence-electron chi connectivity index (χ3n) is 5.03. The van der Waals surface area contributed by atoms with Crippen molar-refractivity contribution in [3.8, 4) is 0 Å². The lowest BCUT2D eigenvalue weighted by Crippen LogP contribution is -2.38. The average Bonchev–Trinajstić information content (AvgIpc) is 2.97. The Bertz CT molecular complexity index is 431. The van der Waals surface area contributed by atoms with Crippen molar-refractivity contribution in [1.82, 2.24) is 20.4 Å². The molecule has 1 aromatic heterocycles. The fourth-order valence-corrected chi connectivity index (χ4v) is 3.52. The van der Waals surface area contributed by atoms with Gasteiger partial charge in [0.2, 0.25) is 5.89 Å². The molecule has 2 aliphatic heterocycles. The van der Waals surface area contributed by atoms with Crippen molar-refractivity contribution in [2.45, 2.75) is 57.9 Å². The number of hydrogen-bond donors (Lipinski definition) is 1. The highest BCUT2D eigenvalue weighted by molar-refractivity contribution is 4.98. The summed E-state index contributed by atoms with van der Waals surface area (Å²) in [7, 11) is 0. The maximum Gasteiger partial charge on any atom is 0.226 e. The number of hydrogen-bond acceptors (Lipinski definition) is 5. The molecule has 0 unspecified atom stereocenters. The molecule has 2 saturated heterocycles. The molecule has 1 N–H and O–H groups in total. The second-order valence-electron chi connectivity index (χ2n) is 6.85. The SMILES string of the molecule is CC(C)N1CCC(Cc2nc(C3CCNCC3)no2)CC1. The molecule has 21 heavy (non-hydrogen) atoms. The Labute approximate surface area is 127 Å². The summed E-state index contributed by atoms with van der Waals surface area (Å²) in [6.45, 7) is 9.12. The molecule has 0 radical (unpaired) electrons. The van der Waals surface area contributed by atoms with Gasteiger partial charge in [-0.1, -0.05) is 5.16 Å². The summed E-state index contributed by atoms with van der Waals surface area (Å²) in [6, 6.07) is 0.667. The van der Waals surface area contributed by atoms with Gasteiger partial charge in [-0.05, 0) is 71.6 Å². The molecule has 3 heterocycles. The van der Waals surface area contributed by atoms with Gasteiger partial charge in [0.1, 0.15) is 0 Å². The van der Waals surface area contributed by atoms with Crippen LogP contribution in [0.1, 0.15) is 57.2 Å². The molecule has 0 spiro atoms. The van der Waals surface area contributed by atoms with E-state index in [-0.39, 0.29) is 0 Å². The van der Waals surface area contributed by atoms with Gasteiger partial charge in [0.15, 0.2) is 5.82 Å². The second-order valence-corrected chi connectivity index (χ2v) is 6.85. The van der Waals surface area contributed by atoms with Crippen LogP contribution in [0.5, 0.6) is 0 Å². The number of nitrogens with one attached hydrogen (secondary N) is 1. The van der Waals surface area contributed by atoms with Gasteiger partial charge < -0.3 is 14.7 Å². The summed E-state index contributed by atoms with van der Waals surface area (Å²) >= 11 is 0. The minimum atomic E-state index is 0.492. The summed E-state index contributed by atoms with van der Waals surface area (Å²) in [5.74, 6) is 2.99. The van der Waals surface area contributed by atoms with E-state index in [1.165, 1.54) is 25.9 Å². The summed E-state index contributed by atoms with van der Waals surface area (Å²) < 4.78 is 5.50. The third kappa shape index (κ3) is 3.83. The van der Waals surface area contributed by atoms with E-state index >= 15 is 0 Å². The zero-order valence-electron chi connectivity index (χ0n) is 13.3. The predicted octanol–water partition coefficient (Wildman–Crippen LogP) is 2.20. The average molecular weight is 292 g/mol. The molecule has 0 bridgehead atoms. The highest BCUT2D eigenvalue weighted by Crippen LogP contribution is 2.25. The van der Waals surface area contributed by atoms with Crippen molar-refractivity contribution in [3.63, 3.8) is 0 Å². The highest BCUT2D eigenvalue weighted by atomic mass is 16.5. The van der Waals surface area contributed by atoms with E-state index in [4.69, 9.17) is 4.52 Å². The first kappa shape index (κ1) is 15.0. The second kappa shape index (κ2) is 6.88. The molecule has 1 aromatic rings. The maximum absolute atomic E-state index is 5.50. The van der Waals surface area contributed by atoms with Crippen molar-refractivity contribution in [2.24, 2.45) is 5.92 Å². The Morgan fingerprint density at radius 1 is 1.19 bits per heavy atom. The van der Waals surface area contributed by atoms with Gasteiger partial charge in [-0.25, -0.2) is 0 Å². The van der Waals surface area contributed by atoms with Crippen LogP contribution in [0.4, 0.5) is 0 Å². The van der Waals surface area contributed by atoms with Crippen LogP contribution in [0.25, 0.3) is 0 Å². The van der Waals surface area contributed by atoms with Crippen LogP contribution in [0, 0.1) is 5.92 Å². The topological polar surface area (TPSA) is 54.2 Å². The maximum atomic E-state index is 5.50. The van der Waals surface area contributed by atoms with Crippen LogP contribution in [0.3, 0.4) is 0 Å². The van der Waals surface area contributed by atoms with Gasteiger partial charge >= 0.3 is 0 Å². The van der Waals surface area contributed by atoms with E-state index < -0.39 is 0 Å². The van der Waals surface area contributed by atoms with E-state index in [2.05, 4.69) is 34.2 Å². The molecule has 0 amide bonds. The first-order chi connectivity index (χ1) is 10.2. The van der Waals surface area contributed by atoms with Gasteiger partial charge in [0, 0.05) is 18.4 Å². The van der Waals surface area contributed by atoms with Crippen molar-refractivity contribution in [2.75, 3.05) is 26.2 Å². The van der Waals surface area contributed by atoms with Gasteiger partial charge in [0.05, 0.1) is 0 Å². The van der Waals surface area contributed by atoms with Crippen molar-refractivity contribution < 1.29 is 4.52 Å². The smallest absolute Gasteiger partial charge is 0.226 e. The number of piperidine rings is 2. The zero-order valence-corrected chi connectivity index (χ0v) is 13.3. The monoisotopic (exact) mass is 292 g/mol. The number of likely N-dealkylation sites (tertiary alicyclic amines) is 1. The Morgan fingerprint density at radius 3 is 2.57 bits per heavy atom. The lowest BCUT2D eigenvalue weighted by Gasteiger charge is -2.34. The molecule has 0 saturated carbocycles. The van der Waals surface area contributed by atoms with Crippen LogP contribution in [0.2, 0.25) is 0 Å². The van der Waals surface area contributed by atoms with Gasteiger partial charge in [-0.3, -0.25) is 0 Å². The fraction of sp³-hybridized carbons (Fsp3) is 0.875. The first-order valence-corrected chi connectivity index (χ1v) is 8.49. The highest BCUT2D eigenvalue weighted by Gasteiger charge is 2.24. The quantitative estimate of drug-likeness (QED) is 0.922. The van der Waals surface area contributed by atoms with Crippen molar-refractivity contribution >= 4 is 0 Å². The minimum Gasteiger partial charge on any atom is -0.339 e. The molecule has 2 fully saturated rings. The van der Waals surface area contributed by atoms with E-state index in [0.29, 0.717) is 17.9 Å². The predicted molar refractivity (Wildman–Crippen MR) is 82.3 cm³/mol. The van der Waals surface area contributed by atoms with Crippen LogP contribution >= 0.6 is 0 Å². The molecular formula is C16H28N4O. The van der Waals surface area contributed by atoms with Crippen LogP contribution in [-0.4, -0.2) is 47.3 Å².